The zero-order chi connectivity index (χ0) is 8.39. The van der Waals surface area contributed by atoms with Gasteiger partial charge >= 0.3 is 0 Å². The highest BCUT2D eigenvalue weighted by molar-refractivity contribution is 5.93. The van der Waals surface area contributed by atoms with Gasteiger partial charge in [-0.1, -0.05) is 6.08 Å². The van der Waals surface area contributed by atoms with Crippen molar-refractivity contribution >= 4 is 5.71 Å². The molecule has 66 valence electrons. The van der Waals surface area contributed by atoms with Gasteiger partial charge < -0.3 is 10.1 Å². The molecule has 0 aromatic heterocycles. The standard InChI is InChI=1S/C10H15NO/c11-9-3-5-10(6-4-9)12-7-8-1-2-8/h3,5,8,10-11H,1-2,4,6-7H2. The Labute approximate surface area is 73.1 Å². The second-order valence-corrected chi connectivity index (χ2v) is 3.74. The molecule has 1 fully saturated rings. The van der Waals surface area contributed by atoms with Gasteiger partial charge in [-0.25, -0.2) is 0 Å². The number of hydrogen-bond donors (Lipinski definition) is 1. The Morgan fingerprint density at radius 3 is 2.83 bits per heavy atom. The van der Waals surface area contributed by atoms with E-state index in [1.54, 1.807) is 0 Å². The van der Waals surface area contributed by atoms with Crippen molar-refractivity contribution in [3.05, 3.63) is 12.2 Å². The van der Waals surface area contributed by atoms with Crippen LogP contribution in [-0.2, 0) is 4.74 Å². The molecule has 1 atom stereocenters. The predicted octanol–water partition coefficient (Wildman–Crippen LogP) is 2.15. The minimum atomic E-state index is 0.291. The summed E-state index contributed by atoms with van der Waals surface area (Å²) in [6.07, 6.45) is 8.78. The van der Waals surface area contributed by atoms with Crippen LogP contribution in [0.15, 0.2) is 12.2 Å². The summed E-state index contributed by atoms with van der Waals surface area (Å²) in [7, 11) is 0. The van der Waals surface area contributed by atoms with E-state index in [-0.39, 0.29) is 0 Å². The Morgan fingerprint density at radius 2 is 2.25 bits per heavy atom. The van der Waals surface area contributed by atoms with Gasteiger partial charge in [0.25, 0.3) is 0 Å². The van der Waals surface area contributed by atoms with Gasteiger partial charge in [-0.15, -0.1) is 0 Å². The summed E-state index contributed by atoms with van der Waals surface area (Å²) in [5.74, 6) is 0.847. The molecule has 1 N–H and O–H groups in total. The lowest BCUT2D eigenvalue weighted by Crippen LogP contribution is -2.17. The molecule has 0 bridgehead atoms. The molecule has 0 aliphatic heterocycles. The highest BCUT2D eigenvalue weighted by Gasteiger charge is 2.23. The van der Waals surface area contributed by atoms with Crippen molar-refractivity contribution < 1.29 is 4.74 Å². The van der Waals surface area contributed by atoms with E-state index >= 15 is 0 Å². The van der Waals surface area contributed by atoms with Crippen molar-refractivity contribution in [2.24, 2.45) is 5.92 Å². The van der Waals surface area contributed by atoms with E-state index < -0.39 is 0 Å². The molecule has 2 aliphatic carbocycles. The molecule has 2 heteroatoms. The highest BCUT2D eigenvalue weighted by Crippen LogP contribution is 2.29. The molecule has 0 saturated heterocycles. The molecular weight excluding hydrogens is 150 g/mol. The van der Waals surface area contributed by atoms with Crippen molar-refractivity contribution in [3.8, 4) is 0 Å². The van der Waals surface area contributed by atoms with Gasteiger partial charge in [0, 0.05) is 5.71 Å². The van der Waals surface area contributed by atoms with E-state index in [1.807, 2.05) is 12.2 Å². The Hall–Kier alpha value is -0.630. The molecular formula is C10H15NO. The molecule has 12 heavy (non-hydrogen) atoms. The van der Waals surface area contributed by atoms with Gasteiger partial charge in [0.2, 0.25) is 0 Å². The summed E-state index contributed by atoms with van der Waals surface area (Å²) >= 11 is 0. The van der Waals surface area contributed by atoms with Crippen LogP contribution >= 0.6 is 0 Å². The fourth-order valence-electron chi connectivity index (χ4n) is 1.38. The largest absolute Gasteiger partial charge is 0.374 e. The molecule has 0 amide bonds. The number of hydrogen-bond acceptors (Lipinski definition) is 2. The maximum Gasteiger partial charge on any atom is 0.0763 e. The minimum Gasteiger partial charge on any atom is -0.374 e. The Kier molecular flexibility index (Phi) is 2.26. The zero-order valence-electron chi connectivity index (χ0n) is 7.25. The lowest BCUT2D eigenvalue weighted by molar-refractivity contribution is 0.0717. The molecule has 1 unspecified atom stereocenters. The Bertz CT molecular complexity index is 206. The third kappa shape index (κ3) is 2.18. The number of ether oxygens (including phenoxy) is 1. The van der Waals surface area contributed by atoms with Crippen molar-refractivity contribution in [2.45, 2.75) is 31.8 Å². The van der Waals surface area contributed by atoms with Crippen molar-refractivity contribution in [1.29, 1.82) is 5.41 Å². The molecule has 0 aromatic carbocycles. The van der Waals surface area contributed by atoms with Crippen molar-refractivity contribution in [1.82, 2.24) is 0 Å². The quantitative estimate of drug-likeness (QED) is 0.683. The number of rotatable bonds is 3. The molecule has 0 radical (unpaired) electrons. The van der Waals surface area contributed by atoms with Crippen LogP contribution in [0.3, 0.4) is 0 Å². The zero-order valence-corrected chi connectivity index (χ0v) is 7.25. The van der Waals surface area contributed by atoms with Gasteiger partial charge in [-0.3, -0.25) is 0 Å². The minimum absolute atomic E-state index is 0.291. The van der Waals surface area contributed by atoms with E-state index in [0.717, 1.165) is 31.1 Å². The maximum absolute atomic E-state index is 7.37. The fraction of sp³-hybridized carbons (Fsp3) is 0.700. The number of nitrogens with one attached hydrogen (secondary N) is 1. The van der Waals surface area contributed by atoms with Gasteiger partial charge in [0.05, 0.1) is 12.7 Å². The van der Waals surface area contributed by atoms with Crippen molar-refractivity contribution in [2.75, 3.05) is 6.61 Å². The summed E-state index contributed by atoms with van der Waals surface area (Å²) in [6.45, 7) is 0.933. The first-order chi connectivity index (χ1) is 5.84. The molecule has 0 aromatic rings. The SMILES string of the molecule is N=C1C=CC(OCC2CC2)CC1. The van der Waals surface area contributed by atoms with E-state index in [9.17, 15) is 0 Å². The Balaban J connectivity index is 1.73. The Morgan fingerprint density at radius 1 is 1.42 bits per heavy atom. The van der Waals surface area contributed by atoms with Crippen LogP contribution < -0.4 is 0 Å². The average molecular weight is 165 g/mol. The first-order valence-corrected chi connectivity index (χ1v) is 4.72. The van der Waals surface area contributed by atoms with E-state index in [1.165, 1.54) is 12.8 Å². The van der Waals surface area contributed by atoms with Gasteiger partial charge in [0.1, 0.15) is 0 Å². The first-order valence-electron chi connectivity index (χ1n) is 4.72. The van der Waals surface area contributed by atoms with E-state index in [2.05, 4.69) is 0 Å². The molecule has 0 spiro atoms. The summed E-state index contributed by atoms with van der Waals surface area (Å²) in [4.78, 5) is 0. The van der Waals surface area contributed by atoms with Gasteiger partial charge in [0.15, 0.2) is 0 Å². The van der Waals surface area contributed by atoms with Crippen LogP contribution in [0.25, 0.3) is 0 Å². The predicted molar refractivity (Wildman–Crippen MR) is 48.6 cm³/mol. The average Bonchev–Trinajstić information content (AvgIpc) is 2.87. The van der Waals surface area contributed by atoms with Crippen LogP contribution in [0.4, 0.5) is 0 Å². The second kappa shape index (κ2) is 3.40. The third-order valence-electron chi connectivity index (χ3n) is 2.45. The van der Waals surface area contributed by atoms with Gasteiger partial charge in [-0.05, 0) is 37.7 Å². The molecule has 2 nitrogen and oxygen atoms in total. The van der Waals surface area contributed by atoms with Crippen LogP contribution in [0.2, 0.25) is 0 Å². The monoisotopic (exact) mass is 165 g/mol. The summed E-state index contributed by atoms with van der Waals surface area (Å²) in [5, 5.41) is 7.37. The molecule has 2 aliphatic rings. The summed E-state index contributed by atoms with van der Waals surface area (Å²) in [6, 6.07) is 0. The summed E-state index contributed by atoms with van der Waals surface area (Å²) < 4.78 is 5.67. The first kappa shape index (κ1) is 7.99. The van der Waals surface area contributed by atoms with Crippen LogP contribution in [-0.4, -0.2) is 18.4 Å². The molecule has 0 heterocycles. The lowest BCUT2D eigenvalue weighted by atomic mass is 10.0. The fourth-order valence-corrected chi connectivity index (χ4v) is 1.38. The van der Waals surface area contributed by atoms with Crippen LogP contribution in [0.5, 0.6) is 0 Å². The van der Waals surface area contributed by atoms with E-state index in [0.29, 0.717) is 6.10 Å². The van der Waals surface area contributed by atoms with Gasteiger partial charge in [-0.2, -0.15) is 0 Å². The van der Waals surface area contributed by atoms with E-state index in [4.69, 9.17) is 10.1 Å². The molecule has 2 rings (SSSR count). The maximum atomic E-state index is 7.37. The smallest absolute Gasteiger partial charge is 0.0763 e. The van der Waals surface area contributed by atoms with Crippen molar-refractivity contribution in [3.63, 3.8) is 0 Å². The summed E-state index contributed by atoms with van der Waals surface area (Å²) in [5.41, 5.74) is 0.737. The third-order valence-corrected chi connectivity index (χ3v) is 2.45. The highest BCUT2D eigenvalue weighted by atomic mass is 16.5. The second-order valence-electron chi connectivity index (χ2n) is 3.74. The normalized spacial score (nSPS) is 29.3. The number of allylic oxidation sites excluding steroid dienone is 1. The molecule has 1 saturated carbocycles. The van der Waals surface area contributed by atoms with Crippen LogP contribution in [0.1, 0.15) is 25.7 Å². The van der Waals surface area contributed by atoms with Crippen LogP contribution in [0, 0.1) is 11.3 Å². The topological polar surface area (TPSA) is 33.1 Å². The lowest BCUT2D eigenvalue weighted by Gasteiger charge is -2.17.